The molecule has 0 saturated carbocycles. The molecule has 2 N–H and O–H groups in total. The number of thioether (sulfide) groups is 1. The molecule has 36 heavy (non-hydrogen) atoms. The van der Waals surface area contributed by atoms with Crippen LogP contribution in [-0.2, 0) is 14.4 Å². The second kappa shape index (κ2) is 11.2. The number of urea groups is 1. The number of ether oxygens (including phenoxy) is 1. The summed E-state index contributed by atoms with van der Waals surface area (Å²) in [6.45, 7) is 0.188. The molecule has 4 rings (SSSR count). The quantitative estimate of drug-likeness (QED) is 0.551. The van der Waals surface area contributed by atoms with Gasteiger partial charge in [-0.1, -0.05) is 11.8 Å². The fourth-order valence-electron chi connectivity index (χ4n) is 3.74. The molecule has 0 aliphatic carbocycles. The second-order valence-electron chi connectivity index (χ2n) is 7.81. The van der Waals surface area contributed by atoms with E-state index in [-0.39, 0.29) is 50.7 Å². The molecular formula is C20H22F4N6O5S. The highest BCUT2D eigenvalue weighted by Gasteiger charge is 2.34. The molecular weight excluding hydrogens is 512 g/mol. The van der Waals surface area contributed by atoms with Crippen LogP contribution < -0.4 is 20.4 Å². The fraction of sp³-hybridized carbons (Fsp3) is 0.500. The topological polar surface area (TPSA) is 116 Å². The highest BCUT2D eigenvalue weighted by molar-refractivity contribution is 8.14. The van der Waals surface area contributed by atoms with Gasteiger partial charge in [0.2, 0.25) is 0 Å². The van der Waals surface area contributed by atoms with Crippen LogP contribution in [0.15, 0.2) is 17.1 Å². The average Bonchev–Trinajstić information content (AvgIpc) is 3.40. The molecule has 4 amide bonds. The minimum absolute atomic E-state index is 0.0157. The van der Waals surface area contributed by atoms with Crippen LogP contribution in [0.4, 0.5) is 38.5 Å². The molecule has 0 spiro atoms. The van der Waals surface area contributed by atoms with Crippen LogP contribution in [0.5, 0.6) is 0 Å². The summed E-state index contributed by atoms with van der Waals surface area (Å²) in [7, 11) is 0. The number of nitrogens with zero attached hydrogens (tertiary/aromatic N) is 4. The standard InChI is InChI=1S/C20H22F4N6O5S/c21-13-7-11(29-10-12(35-20(29)33)9-26-17(31)16(23)24)8-14(22)15(13)28-2-3-30(34-5-4-28)19(32)27-18-25-1-6-36-18/h7-8,12,16H,1-6,9-10H2,(H,26,31)(H,25,27,32)/t12-/m0/s1. The fourth-order valence-corrected chi connectivity index (χ4v) is 4.46. The van der Waals surface area contributed by atoms with Crippen molar-refractivity contribution in [2.45, 2.75) is 12.5 Å². The number of amides is 4. The lowest BCUT2D eigenvalue weighted by molar-refractivity contribution is -0.132. The first-order valence-electron chi connectivity index (χ1n) is 10.9. The number of carbonyl (C=O) groups is 3. The molecule has 0 aromatic heterocycles. The molecule has 1 atom stereocenters. The van der Waals surface area contributed by atoms with Crippen molar-refractivity contribution in [1.82, 2.24) is 15.7 Å². The van der Waals surface area contributed by atoms with Gasteiger partial charge in [0.05, 0.1) is 38.5 Å². The maximum Gasteiger partial charge on any atom is 0.414 e. The summed E-state index contributed by atoms with van der Waals surface area (Å²) in [6.07, 6.45) is -5.13. The third kappa shape index (κ3) is 5.92. The summed E-state index contributed by atoms with van der Waals surface area (Å²) in [5.41, 5.74) is -0.489. The zero-order valence-corrected chi connectivity index (χ0v) is 19.5. The van der Waals surface area contributed by atoms with Crippen LogP contribution >= 0.6 is 11.8 Å². The molecule has 3 heterocycles. The minimum Gasteiger partial charge on any atom is -0.442 e. The molecule has 3 aliphatic heterocycles. The van der Waals surface area contributed by atoms with Gasteiger partial charge in [-0.25, -0.2) is 23.4 Å². The molecule has 2 saturated heterocycles. The summed E-state index contributed by atoms with van der Waals surface area (Å²) in [4.78, 5) is 47.4. The Kier molecular flexibility index (Phi) is 8.03. The number of nitrogens with one attached hydrogen (secondary N) is 2. The first-order valence-corrected chi connectivity index (χ1v) is 11.9. The Labute approximate surface area is 206 Å². The van der Waals surface area contributed by atoms with Crippen molar-refractivity contribution in [3.05, 3.63) is 23.8 Å². The van der Waals surface area contributed by atoms with Gasteiger partial charge in [-0.2, -0.15) is 8.78 Å². The number of rotatable bonds is 5. The van der Waals surface area contributed by atoms with Crippen molar-refractivity contribution in [2.24, 2.45) is 4.99 Å². The van der Waals surface area contributed by atoms with E-state index in [1.54, 1.807) is 0 Å². The molecule has 3 aliphatic rings. The van der Waals surface area contributed by atoms with E-state index < -0.39 is 42.2 Å². The maximum atomic E-state index is 15.0. The van der Waals surface area contributed by atoms with E-state index in [1.165, 1.54) is 16.7 Å². The van der Waals surface area contributed by atoms with Gasteiger partial charge in [0, 0.05) is 31.0 Å². The Bertz CT molecular complexity index is 1040. The van der Waals surface area contributed by atoms with E-state index in [0.717, 1.165) is 27.8 Å². The molecule has 2 fully saturated rings. The summed E-state index contributed by atoms with van der Waals surface area (Å²) < 4.78 is 59.7. The van der Waals surface area contributed by atoms with Crippen LogP contribution in [0.25, 0.3) is 0 Å². The summed E-state index contributed by atoms with van der Waals surface area (Å²) >= 11 is 1.40. The lowest BCUT2D eigenvalue weighted by Gasteiger charge is -2.24. The largest absolute Gasteiger partial charge is 0.442 e. The zero-order chi connectivity index (χ0) is 25.8. The predicted octanol–water partition coefficient (Wildman–Crippen LogP) is 1.54. The van der Waals surface area contributed by atoms with Crippen molar-refractivity contribution in [1.29, 1.82) is 0 Å². The van der Waals surface area contributed by atoms with Crippen molar-refractivity contribution in [3.8, 4) is 0 Å². The minimum atomic E-state index is -3.22. The van der Waals surface area contributed by atoms with E-state index >= 15 is 8.78 Å². The first-order chi connectivity index (χ1) is 17.2. The smallest absolute Gasteiger partial charge is 0.414 e. The number of hydrogen-bond donors (Lipinski definition) is 2. The Hall–Kier alpha value is -3.27. The predicted molar refractivity (Wildman–Crippen MR) is 121 cm³/mol. The number of cyclic esters (lactones) is 1. The molecule has 0 bridgehead atoms. The summed E-state index contributed by atoms with van der Waals surface area (Å²) in [6, 6.07) is 1.37. The molecule has 0 radical (unpaired) electrons. The summed E-state index contributed by atoms with van der Waals surface area (Å²) in [5, 5.41) is 6.10. The van der Waals surface area contributed by atoms with Gasteiger partial charge < -0.3 is 15.0 Å². The number of hydrogen-bond acceptors (Lipinski definition) is 8. The van der Waals surface area contributed by atoms with Crippen LogP contribution in [0.3, 0.4) is 0 Å². The van der Waals surface area contributed by atoms with Crippen molar-refractivity contribution < 1.29 is 41.5 Å². The summed E-state index contributed by atoms with van der Waals surface area (Å²) in [5.74, 6) is -2.66. The number of anilines is 2. The Morgan fingerprint density at radius 2 is 1.94 bits per heavy atom. The van der Waals surface area contributed by atoms with Crippen molar-refractivity contribution in [2.75, 3.05) is 61.4 Å². The molecule has 1 aromatic rings. The van der Waals surface area contributed by atoms with E-state index in [1.807, 2.05) is 5.32 Å². The number of benzene rings is 1. The van der Waals surface area contributed by atoms with Gasteiger partial charge in [-0.05, 0) is 0 Å². The second-order valence-corrected chi connectivity index (χ2v) is 8.89. The molecule has 196 valence electrons. The molecule has 11 nitrogen and oxygen atoms in total. The average molecular weight is 534 g/mol. The zero-order valence-electron chi connectivity index (χ0n) is 18.7. The molecule has 1 aromatic carbocycles. The Balaban J connectivity index is 1.39. The lowest BCUT2D eigenvalue weighted by Crippen LogP contribution is -2.43. The number of aliphatic imine (C=N–C) groups is 1. The van der Waals surface area contributed by atoms with Gasteiger partial charge in [-0.15, -0.1) is 0 Å². The monoisotopic (exact) mass is 534 g/mol. The SMILES string of the molecule is O=C(NC[C@H]1CN(c2cc(F)c(N3CCON(C(=O)NC4=NCCS4)CC3)c(F)c2)C(=O)O1)C(F)F. The van der Waals surface area contributed by atoms with Crippen LogP contribution in [0, 0.1) is 11.6 Å². The van der Waals surface area contributed by atoms with Crippen LogP contribution in [0.2, 0.25) is 0 Å². The van der Waals surface area contributed by atoms with Gasteiger partial charge in [0.25, 0.3) is 5.91 Å². The number of halogens is 4. The van der Waals surface area contributed by atoms with Gasteiger partial charge in [0.15, 0.2) is 16.8 Å². The lowest BCUT2D eigenvalue weighted by atomic mass is 10.2. The van der Waals surface area contributed by atoms with E-state index in [9.17, 15) is 23.2 Å². The van der Waals surface area contributed by atoms with Gasteiger partial charge >= 0.3 is 18.5 Å². The maximum absolute atomic E-state index is 15.0. The van der Waals surface area contributed by atoms with E-state index in [4.69, 9.17) is 9.57 Å². The third-order valence-corrected chi connectivity index (χ3v) is 6.30. The number of carbonyl (C=O) groups excluding carboxylic acids is 3. The first kappa shape index (κ1) is 25.8. The van der Waals surface area contributed by atoms with Crippen molar-refractivity contribution in [3.63, 3.8) is 0 Å². The van der Waals surface area contributed by atoms with E-state index in [0.29, 0.717) is 11.7 Å². The van der Waals surface area contributed by atoms with E-state index in [2.05, 4.69) is 10.3 Å². The normalized spacial score (nSPS) is 20.4. The highest BCUT2D eigenvalue weighted by atomic mass is 32.2. The third-order valence-electron chi connectivity index (χ3n) is 5.41. The number of amidine groups is 1. The number of alkyl halides is 2. The Morgan fingerprint density at radius 1 is 1.19 bits per heavy atom. The Morgan fingerprint density at radius 3 is 2.61 bits per heavy atom. The van der Waals surface area contributed by atoms with Gasteiger partial charge in [0.1, 0.15) is 11.8 Å². The molecule has 0 unspecified atom stereocenters. The van der Waals surface area contributed by atoms with Crippen molar-refractivity contribution >= 4 is 46.3 Å². The molecule has 16 heteroatoms. The van der Waals surface area contributed by atoms with Crippen LogP contribution in [0.1, 0.15) is 0 Å². The highest BCUT2D eigenvalue weighted by Crippen LogP contribution is 2.31. The number of hydroxylamine groups is 2. The van der Waals surface area contributed by atoms with Gasteiger partial charge in [-0.3, -0.25) is 24.8 Å². The van der Waals surface area contributed by atoms with Crippen LogP contribution in [-0.4, -0.2) is 92.4 Å².